The lowest BCUT2D eigenvalue weighted by molar-refractivity contribution is -0.137. The van der Waals surface area contributed by atoms with Crippen molar-refractivity contribution in [2.75, 3.05) is 50.8 Å². The van der Waals surface area contributed by atoms with Crippen molar-refractivity contribution >= 4 is 15.7 Å². The van der Waals surface area contributed by atoms with Crippen LogP contribution >= 0.6 is 0 Å². The van der Waals surface area contributed by atoms with E-state index in [9.17, 15) is 21.6 Å². The summed E-state index contributed by atoms with van der Waals surface area (Å²) in [7, 11) is -4.20. The number of piperidine rings is 1. The van der Waals surface area contributed by atoms with Crippen LogP contribution in [0, 0.1) is 5.92 Å². The number of primary sulfonamides is 1. The molecule has 0 amide bonds. The van der Waals surface area contributed by atoms with E-state index in [1.807, 2.05) is 0 Å². The molecule has 1 atom stereocenters. The summed E-state index contributed by atoms with van der Waals surface area (Å²) in [5, 5.41) is 5.00. The molecule has 1 aromatic rings. The number of hydrogen-bond acceptors (Lipinski definition) is 5. The number of sulfonamides is 1. The molecule has 152 valence electrons. The van der Waals surface area contributed by atoms with Gasteiger partial charge in [0.2, 0.25) is 10.0 Å². The number of nitrogens with two attached hydrogens (primary N) is 1. The molecule has 1 unspecified atom stereocenters. The Bertz CT molecular complexity index is 764. The molecule has 2 fully saturated rings. The third-order valence-electron chi connectivity index (χ3n) is 5.08. The molecule has 2 aliphatic heterocycles. The first-order chi connectivity index (χ1) is 12.6. The van der Waals surface area contributed by atoms with Crippen LogP contribution < -0.4 is 10.0 Å². The predicted molar refractivity (Wildman–Crippen MR) is 95.0 cm³/mol. The molecule has 2 aliphatic rings. The maximum absolute atomic E-state index is 13.6. The second-order valence-corrected chi connectivity index (χ2v) is 8.65. The summed E-state index contributed by atoms with van der Waals surface area (Å²) in [5.74, 6) is 0.260. The van der Waals surface area contributed by atoms with E-state index in [1.54, 1.807) is 4.90 Å². The standard InChI is InChI=1S/C17H24F3N3O3S/c18-17(19,20)15-10-14(27(21,24)25)3-4-16(15)23-5-1-2-13(12-23)11-22-6-8-26-9-7-22/h3-4,10,13H,1-2,5-9,11-12H2,(H2,21,24,25). The van der Waals surface area contributed by atoms with Gasteiger partial charge in [-0.2, -0.15) is 13.2 Å². The Balaban J connectivity index is 1.81. The maximum atomic E-state index is 13.6. The Hall–Kier alpha value is -1.36. The van der Waals surface area contributed by atoms with Crippen LogP contribution in [0.4, 0.5) is 18.9 Å². The first kappa shape index (κ1) is 20.4. The van der Waals surface area contributed by atoms with E-state index in [0.717, 1.165) is 38.5 Å². The van der Waals surface area contributed by atoms with Crippen LogP contribution in [0.1, 0.15) is 18.4 Å². The van der Waals surface area contributed by atoms with Gasteiger partial charge >= 0.3 is 6.18 Å². The van der Waals surface area contributed by atoms with E-state index in [0.29, 0.717) is 32.4 Å². The molecule has 3 rings (SSSR count). The summed E-state index contributed by atoms with van der Waals surface area (Å²) in [6.07, 6.45) is -2.90. The second kappa shape index (κ2) is 7.94. The molecular formula is C17H24F3N3O3S. The Kier molecular flexibility index (Phi) is 5.99. The monoisotopic (exact) mass is 407 g/mol. The molecule has 10 heteroatoms. The average Bonchev–Trinajstić information content (AvgIpc) is 2.61. The summed E-state index contributed by atoms with van der Waals surface area (Å²) >= 11 is 0. The Morgan fingerprint density at radius 3 is 2.52 bits per heavy atom. The third-order valence-corrected chi connectivity index (χ3v) is 5.99. The molecule has 2 heterocycles. The number of halogens is 3. The first-order valence-electron chi connectivity index (χ1n) is 8.93. The zero-order chi connectivity index (χ0) is 19.7. The van der Waals surface area contributed by atoms with Gasteiger partial charge in [-0.3, -0.25) is 4.90 Å². The highest BCUT2D eigenvalue weighted by molar-refractivity contribution is 7.89. The van der Waals surface area contributed by atoms with E-state index in [1.165, 1.54) is 6.07 Å². The number of nitrogens with zero attached hydrogens (tertiary/aromatic N) is 2. The van der Waals surface area contributed by atoms with Gasteiger partial charge in [-0.1, -0.05) is 0 Å². The van der Waals surface area contributed by atoms with Crippen molar-refractivity contribution in [2.45, 2.75) is 23.9 Å². The Morgan fingerprint density at radius 1 is 1.19 bits per heavy atom. The fourth-order valence-corrected chi connectivity index (χ4v) is 4.32. The Morgan fingerprint density at radius 2 is 1.89 bits per heavy atom. The van der Waals surface area contributed by atoms with Gasteiger partial charge in [0, 0.05) is 38.4 Å². The Labute approximate surface area is 157 Å². The summed E-state index contributed by atoms with van der Waals surface area (Å²) in [6.45, 7) is 4.90. The lowest BCUT2D eigenvalue weighted by Crippen LogP contribution is -2.45. The van der Waals surface area contributed by atoms with Crippen molar-refractivity contribution in [3.63, 3.8) is 0 Å². The quantitative estimate of drug-likeness (QED) is 0.825. The van der Waals surface area contributed by atoms with E-state index < -0.39 is 26.7 Å². The van der Waals surface area contributed by atoms with Crippen molar-refractivity contribution in [3.05, 3.63) is 23.8 Å². The number of ether oxygens (including phenoxy) is 1. The summed E-state index contributed by atoms with van der Waals surface area (Å²) in [6, 6.07) is 3.00. The zero-order valence-corrected chi connectivity index (χ0v) is 15.7. The molecule has 0 radical (unpaired) electrons. The van der Waals surface area contributed by atoms with Crippen molar-refractivity contribution in [1.82, 2.24) is 4.90 Å². The summed E-state index contributed by atoms with van der Waals surface area (Å²) in [4.78, 5) is 3.47. The average molecular weight is 407 g/mol. The number of rotatable bonds is 4. The number of hydrogen-bond donors (Lipinski definition) is 1. The number of anilines is 1. The molecule has 0 bridgehead atoms. The lowest BCUT2D eigenvalue weighted by atomic mass is 9.96. The van der Waals surface area contributed by atoms with Gasteiger partial charge < -0.3 is 9.64 Å². The molecule has 27 heavy (non-hydrogen) atoms. The number of alkyl halides is 3. The third kappa shape index (κ3) is 5.13. The zero-order valence-electron chi connectivity index (χ0n) is 14.9. The van der Waals surface area contributed by atoms with Crippen LogP contribution in [0.2, 0.25) is 0 Å². The minimum absolute atomic E-state index is 0.0153. The molecule has 0 aromatic heterocycles. The van der Waals surface area contributed by atoms with Crippen LogP contribution in [0.5, 0.6) is 0 Å². The highest BCUT2D eigenvalue weighted by atomic mass is 32.2. The smallest absolute Gasteiger partial charge is 0.379 e. The van der Waals surface area contributed by atoms with Crippen molar-refractivity contribution in [3.8, 4) is 0 Å². The van der Waals surface area contributed by atoms with Gasteiger partial charge in [0.15, 0.2) is 0 Å². The first-order valence-corrected chi connectivity index (χ1v) is 10.5. The van der Waals surface area contributed by atoms with E-state index >= 15 is 0 Å². The topological polar surface area (TPSA) is 75.9 Å². The number of morpholine rings is 1. The van der Waals surface area contributed by atoms with Crippen LogP contribution in [0.15, 0.2) is 23.1 Å². The minimum Gasteiger partial charge on any atom is -0.379 e. The van der Waals surface area contributed by atoms with Gasteiger partial charge in [0.05, 0.1) is 23.7 Å². The van der Waals surface area contributed by atoms with E-state index in [4.69, 9.17) is 9.88 Å². The largest absolute Gasteiger partial charge is 0.418 e. The van der Waals surface area contributed by atoms with Crippen molar-refractivity contribution in [2.24, 2.45) is 11.1 Å². The molecule has 0 saturated carbocycles. The van der Waals surface area contributed by atoms with Gasteiger partial charge in [-0.05, 0) is 37.0 Å². The molecule has 2 N–H and O–H groups in total. The second-order valence-electron chi connectivity index (χ2n) is 7.09. The van der Waals surface area contributed by atoms with Gasteiger partial charge in [0.1, 0.15) is 0 Å². The molecule has 2 saturated heterocycles. The maximum Gasteiger partial charge on any atom is 0.418 e. The van der Waals surface area contributed by atoms with Gasteiger partial charge in [-0.15, -0.1) is 0 Å². The number of benzene rings is 1. The van der Waals surface area contributed by atoms with E-state index in [2.05, 4.69) is 4.90 Å². The lowest BCUT2D eigenvalue weighted by Gasteiger charge is -2.38. The highest BCUT2D eigenvalue weighted by Crippen LogP contribution is 2.39. The fraction of sp³-hybridized carbons (Fsp3) is 0.647. The molecule has 1 aromatic carbocycles. The molecular weight excluding hydrogens is 383 g/mol. The molecule has 6 nitrogen and oxygen atoms in total. The van der Waals surface area contributed by atoms with Crippen LogP contribution in [0.3, 0.4) is 0 Å². The summed E-state index contributed by atoms with van der Waals surface area (Å²) in [5.41, 5.74) is -0.942. The minimum atomic E-state index is -4.66. The normalized spacial score (nSPS) is 22.8. The fourth-order valence-electron chi connectivity index (χ4n) is 3.78. The SMILES string of the molecule is NS(=O)(=O)c1ccc(N2CCCC(CN3CCOCC3)C2)c(C(F)(F)F)c1. The van der Waals surface area contributed by atoms with Crippen molar-refractivity contribution in [1.29, 1.82) is 0 Å². The van der Waals surface area contributed by atoms with Crippen molar-refractivity contribution < 1.29 is 26.3 Å². The molecule has 0 aliphatic carbocycles. The predicted octanol–water partition coefficient (Wildman–Crippen LogP) is 1.90. The van der Waals surface area contributed by atoms with Crippen LogP contribution in [-0.2, 0) is 20.9 Å². The van der Waals surface area contributed by atoms with Crippen LogP contribution in [0.25, 0.3) is 0 Å². The summed E-state index contributed by atoms with van der Waals surface area (Å²) < 4.78 is 68.9. The van der Waals surface area contributed by atoms with Gasteiger partial charge in [0.25, 0.3) is 0 Å². The van der Waals surface area contributed by atoms with Gasteiger partial charge in [-0.25, -0.2) is 13.6 Å². The van der Waals surface area contributed by atoms with Crippen LogP contribution in [-0.4, -0.2) is 59.3 Å². The molecule has 0 spiro atoms. The van der Waals surface area contributed by atoms with E-state index in [-0.39, 0.29) is 11.6 Å². The highest BCUT2D eigenvalue weighted by Gasteiger charge is 2.37.